The molecular weight excluding hydrogens is 226 g/mol. The molecule has 0 aromatic heterocycles. The summed E-state index contributed by atoms with van der Waals surface area (Å²) in [7, 11) is 0. The third-order valence-electron chi connectivity index (χ3n) is 4.57. The molecule has 2 aliphatic carbocycles. The molecule has 18 heavy (non-hydrogen) atoms. The van der Waals surface area contributed by atoms with Gasteiger partial charge in [0.1, 0.15) is 11.5 Å². The van der Waals surface area contributed by atoms with Crippen LogP contribution < -0.4 is 5.32 Å². The first kappa shape index (κ1) is 11.8. The second-order valence-electron chi connectivity index (χ2n) is 5.98. The molecule has 2 fully saturated rings. The van der Waals surface area contributed by atoms with Crippen LogP contribution in [0.25, 0.3) is 0 Å². The third-order valence-corrected chi connectivity index (χ3v) is 4.57. The molecule has 1 atom stereocenters. The summed E-state index contributed by atoms with van der Waals surface area (Å²) in [4.78, 5) is 0. The molecule has 3 rings (SSSR count). The minimum Gasteiger partial charge on any atom is -0.508 e. The smallest absolute Gasteiger partial charge is 0.120 e. The van der Waals surface area contributed by atoms with Crippen LogP contribution in [0.15, 0.2) is 18.2 Å². The van der Waals surface area contributed by atoms with Crippen molar-refractivity contribution in [3.63, 3.8) is 0 Å². The van der Waals surface area contributed by atoms with Crippen LogP contribution in [-0.4, -0.2) is 16.8 Å². The number of aromatic hydroxyl groups is 2. The van der Waals surface area contributed by atoms with E-state index in [4.69, 9.17) is 0 Å². The molecule has 0 aliphatic heterocycles. The number of phenolic OH excluding ortho intramolecular Hbond substituents is 2. The van der Waals surface area contributed by atoms with Crippen LogP contribution >= 0.6 is 0 Å². The molecule has 2 saturated carbocycles. The fourth-order valence-corrected chi connectivity index (χ4v) is 2.94. The van der Waals surface area contributed by atoms with Crippen molar-refractivity contribution < 1.29 is 10.2 Å². The van der Waals surface area contributed by atoms with E-state index in [1.807, 2.05) is 6.92 Å². The summed E-state index contributed by atoms with van der Waals surface area (Å²) in [5.74, 6) is 1.40. The molecule has 1 aromatic rings. The van der Waals surface area contributed by atoms with Crippen LogP contribution in [0.5, 0.6) is 11.5 Å². The van der Waals surface area contributed by atoms with Gasteiger partial charge in [-0.15, -0.1) is 0 Å². The Labute approximate surface area is 108 Å². The van der Waals surface area contributed by atoms with E-state index < -0.39 is 0 Å². The van der Waals surface area contributed by atoms with Crippen molar-refractivity contribution in [1.29, 1.82) is 0 Å². The first-order valence-corrected chi connectivity index (χ1v) is 6.86. The maximum absolute atomic E-state index is 9.82. The molecule has 3 nitrogen and oxygen atoms in total. The van der Waals surface area contributed by atoms with E-state index in [0.29, 0.717) is 5.41 Å². The van der Waals surface area contributed by atoms with Crippen molar-refractivity contribution in [2.45, 2.75) is 38.6 Å². The average molecular weight is 247 g/mol. The van der Waals surface area contributed by atoms with E-state index in [2.05, 4.69) is 5.32 Å². The fraction of sp³-hybridized carbons (Fsp3) is 0.600. The van der Waals surface area contributed by atoms with Crippen molar-refractivity contribution in [3.05, 3.63) is 23.8 Å². The molecule has 2 aliphatic rings. The summed E-state index contributed by atoms with van der Waals surface area (Å²) in [5.41, 5.74) is 1.34. The monoisotopic (exact) mass is 247 g/mol. The second-order valence-corrected chi connectivity index (χ2v) is 5.98. The van der Waals surface area contributed by atoms with Gasteiger partial charge in [-0.05, 0) is 62.1 Å². The highest BCUT2D eigenvalue weighted by Gasteiger charge is 2.53. The Hall–Kier alpha value is -1.22. The van der Waals surface area contributed by atoms with Crippen molar-refractivity contribution in [2.75, 3.05) is 6.54 Å². The maximum Gasteiger partial charge on any atom is 0.120 e. The SMILES string of the molecule is CC(NCC1(C2CC2)CC1)c1cc(O)ccc1O. The largest absolute Gasteiger partial charge is 0.508 e. The lowest BCUT2D eigenvalue weighted by molar-refractivity contribution is 0.374. The summed E-state index contributed by atoms with van der Waals surface area (Å²) in [6.07, 6.45) is 5.49. The number of rotatable bonds is 5. The van der Waals surface area contributed by atoms with Crippen LogP contribution in [0.3, 0.4) is 0 Å². The summed E-state index contributed by atoms with van der Waals surface area (Å²) in [6.45, 7) is 3.07. The number of hydrogen-bond acceptors (Lipinski definition) is 3. The molecule has 3 N–H and O–H groups in total. The minimum atomic E-state index is 0.0772. The van der Waals surface area contributed by atoms with Gasteiger partial charge in [0, 0.05) is 18.2 Å². The highest BCUT2D eigenvalue weighted by molar-refractivity contribution is 5.40. The van der Waals surface area contributed by atoms with E-state index >= 15 is 0 Å². The Morgan fingerprint density at radius 1 is 1.33 bits per heavy atom. The highest BCUT2D eigenvalue weighted by atomic mass is 16.3. The zero-order valence-corrected chi connectivity index (χ0v) is 10.8. The van der Waals surface area contributed by atoms with Crippen molar-refractivity contribution in [2.24, 2.45) is 11.3 Å². The van der Waals surface area contributed by atoms with Crippen molar-refractivity contribution in [3.8, 4) is 11.5 Å². The zero-order valence-electron chi connectivity index (χ0n) is 10.8. The van der Waals surface area contributed by atoms with Gasteiger partial charge >= 0.3 is 0 Å². The molecule has 3 heteroatoms. The normalized spacial score (nSPS) is 22.7. The predicted molar refractivity (Wildman–Crippen MR) is 70.6 cm³/mol. The summed E-state index contributed by atoms with van der Waals surface area (Å²) in [5, 5.41) is 22.8. The first-order valence-electron chi connectivity index (χ1n) is 6.86. The molecule has 1 aromatic carbocycles. The third kappa shape index (κ3) is 2.19. The van der Waals surface area contributed by atoms with E-state index in [-0.39, 0.29) is 17.5 Å². The summed E-state index contributed by atoms with van der Waals surface area (Å²) >= 11 is 0. The zero-order chi connectivity index (χ0) is 12.8. The van der Waals surface area contributed by atoms with Crippen molar-refractivity contribution >= 4 is 0 Å². The Bertz CT molecular complexity index is 450. The summed E-state index contributed by atoms with van der Waals surface area (Å²) < 4.78 is 0. The number of benzene rings is 1. The molecule has 0 bridgehead atoms. The molecule has 0 heterocycles. The predicted octanol–water partition coefficient (Wildman–Crippen LogP) is 2.94. The number of phenols is 2. The van der Waals surface area contributed by atoms with Gasteiger partial charge in [0.25, 0.3) is 0 Å². The van der Waals surface area contributed by atoms with E-state index in [0.717, 1.165) is 18.0 Å². The lowest BCUT2D eigenvalue weighted by Crippen LogP contribution is -2.28. The van der Waals surface area contributed by atoms with Crippen LogP contribution in [0.4, 0.5) is 0 Å². The molecule has 0 amide bonds. The molecule has 0 radical (unpaired) electrons. The quantitative estimate of drug-likeness (QED) is 0.701. The summed E-state index contributed by atoms with van der Waals surface area (Å²) in [6, 6.07) is 4.78. The fourth-order valence-electron chi connectivity index (χ4n) is 2.94. The Morgan fingerprint density at radius 3 is 2.67 bits per heavy atom. The number of nitrogens with one attached hydrogen (secondary N) is 1. The van der Waals surface area contributed by atoms with Crippen LogP contribution in [0.1, 0.15) is 44.2 Å². The van der Waals surface area contributed by atoms with E-state index in [9.17, 15) is 10.2 Å². The van der Waals surface area contributed by atoms with Gasteiger partial charge in [-0.3, -0.25) is 0 Å². The molecule has 1 unspecified atom stereocenters. The van der Waals surface area contributed by atoms with Gasteiger partial charge < -0.3 is 15.5 Å². The van der Waals surface area contributed by atoms with Gasteiger partial charge in [0.15, 0.2) is 0 Å². The first-order chi connectivity index (χ1) is 8.61. The highest BCUT2D eigenvalue weighted by Crippen LogP contribution is 2.61. The number of hydrogen-bond donors (Lipinski definition) is 3. The van der Waals surface area contributed by atoms with Crippen molar-refractivity contribution in [1.82, 2.24) is 5.32 Å². The topological polar surface area (TPSA) is 52.5 Å². The standard InChI is InChI=1S/C15H21NO2/c1-10(13-8-12(17)4-5-14(13)18)16-9-15(6-7-15)11-2-3-11/h4-5,8,10-11,16-18H,2-3,6-7,9H2,1H3. The minimum absolute atomic E-state index is 0.0772. The van der Waals surface area contributed by atoms with Gasteiger partial charge in [-0.2, -0.15) is 0 Å². The lowest BCUT2D eigenvalue weighted by atomic mass is 9.99. The van der Waals surface area contributed by atoms with E-state index in [1.54, 1.807) is 12.1 Å². The Kier molecular flexibility index (Phi) is 2.74. The van der Waals surface area contributed by atoms with E-state index in [1.165, 1.54) is 31.7 Å². The van der Waals surface area contributed by atoms with Crippen LogP contribution in [0.2, 0.25) is 0 Å². The molecule has 98 valence electrons. The van der Waals surface area contributed by atoms with Gasteiger partial charge in [0.05, 0.1) is 0 Å². The molecular formula is C15H21NO2. The molecule has 0 spiro atoms. The van der Waals surface area contributed by atoms with Crippen LogP contribution in [0, 0.1) is 11.3 Å². The average Bonchev–Trinajstić information content (AvgIpc) is 3.21. The van der Waals surface area contributed by atoms with Gasteiger partial charge in [0.2, 0.25) is 0 Å². The Morgan fingerprint density at radius 2 is 2.06 bits per heavy atom. The van der Waals surface area contributed by atoms with Gasteiger partial charge in [-0.1, -0.05) is 0 Å². The molecule has 0 saturated heterocycles. The van der Waals surface area contributed by atoms with Gasteiger partial charge in [-0.25, -0.2) is 0 Å². The maximum atomic E-state index is 9.82. The Balaban J connectivity index is 1.63. The second kappa shape index (κ2) is 4.16. The van der Waals surface area contributed by atoms with Crippen LogP contribution in [-0.2, 0) is 0 Å². The lowest BCUT2D eigenvalue weighted by Gasteiger charge is -2.21.